The van der Waals surface area contributed by atoms with Gasteiger partial charge in [-0.05, 0) is 62.6 Å². The number of fused-ring (bicyclic) bond motifs is 3. The summed E-state index contributed by atoms with van der Waals surface area (Å²) in [5.74, 6) is 1.37. The molecule has 164 valence electrons. The summed E-state index contributed by atoms with van der Waals surface area (Å²) in [7, 11) is 0. The second kappa shape index (κ2) is 7.60. The number of hydrogen-bond donors (Lipinski definition) is 2. The minimum atomic E-state index is -0.355. The predicted octanol–water partition coefficient (Wildman–Crippen LogP) is 4.80. The molecule has 1 amide bonds. The number of ether oxygens (including phenoxy) is 1. The van der Waals surface area contributed by atoms with E-state index in [0.29, 0.717) is 12.2 Å². The van der Waals surface area contributed by atoms with E-state index in [2.05, 4.69) is 52.2 Å². The lowest BCUT2D eigenvalue weighted by molar-refractivity contribution is -0.123. The molecule has 5 nitrogen and oxygen atoms in total. The van der Waals surface area contributed by atoms with Gasteiger partial charge >= 0.3 is 0 Å². The fraction of sp³-hybridized carbons (Fsp3) is 0.640. The molecule has 0 radical (unpaired) electrons. The number of rotatable bonds is 2. The Morgan fingerprint density at radius 3 is 2.57 bits per heavy atom. The van der Waals surface area contributed by atoms with Crippen LogP contribution in [-0.4, -0.2) is 34.7 Å². The molecule has 2 N–H and O–H groups in total. The Morgan fingerprint density at radius 1 is 1.20 bits per heavy atom. The van der Waals surface area contributed by atoms with Crippen molar-refractivity contribution in [3.63, 3.8) is 0 Å². The quantitative estimate of drug-likeness (QED) is 0.733. The number of phenols is 1. The van der Waals surface area contributed by atoms with E-state index >= 15 is 0 Å². The summed E-state index contributed by atoms with van der Waals surface area (Å²) >= 11 is 0. The number of carbonyl (C=O) groups is 1. The molecule has 0 bridgehead atoms. The van der Waals surface area contributed by atoms with E-state index in [9.17, 15) is 9.90 Å². The molecule has 1 fully saturated rings. The zero-order valence-corrected chi connectivity index (χ0v) is 19.0. The largest absolute Gasteiger partial charge is 0.508 e. The standard InChI is InChI=1S/C25H36N2O3/c1-24(2,3)17-14-20(28)22-18-13-16(23(29)26-27-11-7-6-8-12-27)9-10-19(18)25(4,5)30-21(22)15-17/h9,14-15,18-19,28H,6-8,10-13H2,1-5H3,(H,26,29). The Bertz CT molecular complexity index is 860. The van der Waals surface area contributed by atoms with E-state index in [0.717, 1.165) is 54.8 Å². The predicted molar refractivity (Wildman–Crippen MR) is 119 cm³/mol. The molecule has 3 aliphatic rings. The number of amides is 1. The van der Waals surface area contributed by atoms with Crippen LogP contribution < -0.4 is 10.2 Å². The normalized spacial score (nSPS) is 26.1. The van der Waals surface area contributed by atoms with Crippen molar-refractivity contribution in [3.8, 4) is 11.5 Å². The zero-order chi connectivity index (χ0) is 21.7. The molecule has 2 atom stereocenters. The van der Waals surface area contributed by atoms with Crippen molar-refractivity contribution < 1.29 is 14.6 Å². The number of nitrogens with zero attached hydrogens (tertiary/aromatic N) is 1. The fourth-order valence-corrected chi connectivity index (χ4v) is 5.24. The highest BCUT2D eigenvalue weighted by molar-refractivity contribution is 5.93. The van der Waals surface area contributed by atoms with Crippen LogP contribution in [0.1, 0.15) is 83.8 Å². The van der Waals surface area contributed by atoms with Gasteiger partial charge in [0.1, 0.15) is 17.1 Å². The smallest absolute Gasteiger partial charge is 0.261 e. The van der Waals surface area contributed by atoms with Crippen molar-refractivity contribution in [2.75, 3.05) is 13.1 Å². The Kier molecular flexibility index (Phi) is 5.38. The third-order valence-electron chi connectivity index (χ3n) is 7.07. The lowest BCUT2D eigenvalue weighted by Gasteiger charge is -2.47. The van der Waals surface area contributed by atoms with Gasteiger partial charge < -0.3 is 9.84 Å². The van der Waals surface area contributed by atoms with Gasteiger partial charge in [-0.15, -0.1) is 0 Å². The molecule has 4 rings (SSSR count). The highest BCUT2D eigenvalue weighted by Crippen LogP contribution is 2.54. The van der Waals surface area contributed by atoms with Crippen LogP contribution in [0.4, 0.5) is 0 Å². The summed E-state index contributed by atoms with van der Waals surface area (Å²) in [5, 5.41) is 13.0. The molecule has 1 aromatic carbocycles. The van der Waals surface area contributed by atoms with Gasteiger partial charge in [0.25, 0.3) is 5.91 Å². The average Bonchev–Trinajstić information content (AvgIpc) is 2.66. The first-order chi connectivity index (χ1) is 14.1. The van der Waals surface area contributed by atoms with Crippen molar-refractivity contribution in [2.24, 2.45) is 5.92 Å². The van der Waals surface area contributed by atoms with Crippen molar-refractivity contribution in [2.45, 2.75) is 83.7 Å². The molecule has 0 aromatic heterocycles. The van der Waals surface area contributed by atoms with E-state index < -0.39 is 0 Å². The van der Waals surface area contributed by atoms with Gasteiger partial charge in [-0.25, -0.2) is 5.01 Å². The molecule has 1 aromatic rings. The molecule has 2 unspecified atom stereocenters. The number of phenolic OH excluding ortho intramolecular Hbond substituents is 1. The zero-order valence-electron chi connectivity index (χ0n) is 19.0. The number of piperidine rings is 1. The van der Waals surface area contributed by atoms with Crippen LogP contribution in [0.3, 0.4) is 0 Å². The first kappa shape index (κ1) is 21.2. The van der Waals surface area contributed by atoms with Crippen LogP contribution in [0, 0.1) is 5.92 Å². The molecule has 5 heteroatoms. The van der Waals surface area contributed by atoms with Crippen molar-refractivity contribution in [3.05, 3.63) is 34.9 Å². The van der Waals surface area contributed by atoms with Crippen LogP contribution >= 0.6 is 0 Å². The fourth-order valence-electron chi connectivity index (χ4n) is 5.24. The number of benzene rings is 1. The SMILES string of the molecule is CC(C)(C)c1cc(O)c2c(c1)OC(C)(C)C1CC=C(C(=O)NN3CCCCC3)CC21. The van der Waals surface area contributed by atoms with Crippen molar-refractivity contribution >= 4 is 5.91 Å². The second-order valence-corrected chi connectivity index (χ2v) is 10.7. The van der Waals surface area contributed by atoms with Gasteiger partial charge in [-0.2, -0.15) is 0 Å². The Labute approximate surface area is 180 Å². The monoisotopic (exact) mass is 412 g/mol. The second-order valence-electron chi connectivity index (χ2n) is 10.7. The summed E-state index contributed by atoms with van der Waals surface area (Å²) in [6.07, 6.45) is 6.99. The van der Waals surface area contributed by atoms with Crippen molar-refractivity contribution in [1.29, 1.82) is 0 Å². The maximum Gasteiger partial charge on any atom is 0.261 e. The highest BCUT2D eigenvalue weighted by atomic mass is 16.5. The van der Waals surface area contributed by atoms with Gasteiger partial charge in [0.15, 0.2) is 0 Å². The summed E-state index contributed by atoms with van der Waals surface area (Å²) < 4.78 is 6.42. The summed E-state index contributed by atoms with van der Waals surface area (Å²) in [6.45, 7) is 12.5. The summed E-state index contributed by atoms with van der Waals surface area (Å²) in [4.78, 5) is 13.0. The third kappa shape index (κ3) is 3.96. The number of hydrazine groups is 1. The van der Waals surface area contributed by atoms with Gasteiger partial charge in [0.05, 0.1) is 0 Å². The summed E-state index contributed by atoms with van der Waals surface area (Å²) in [6, 6.07) is 3.96. The average molecular weight is 413 g/mol. The number of allylic oxidation sites excluding steroid dienone is 1. The molecule has 0 saturated carbocycles. The molecule has 0 spiro atoms. The molecular weight excluding hydrogens is 376 g/mol. The lowest BCUT2D eigenvalue weighted by atomic mass is 9.66. The first-order valence-corrected chi connectivity index (χ1v) is 11.4. The number of hydrogen-bond acceptors (Lipinski definition) is 4. The van der Waals surface area contributed by atoms with E-state index in [-0.39, 0.29) is 28.8 Å². The van der Waals surface area contributed by atoms with Gasteiger partial charge in [-0.1, -0.05) is 33.3 Å². The molecule has 2 aliphatic heterocycles. The van der Waals surface area contributed by atoms with Crippen LogP contribution in [0.5, 0.6) is 11.5 Å². The number of nitrogens with one attached hydrogen (secondary N) is 1. The van der Waals surface area contributed by atoms with E-state index in [1.807, 2.05) is 11.1 Å². The Balaban J connectivity index is 1.63. The van der Waals surface area contributed by atoms with Crippen LogP contribution in [-0.2, 0) is 10.2 Å². The minimum absolute atomic E-state index is 0.00648. The Morgan fingerprint density at radius 2 is 1.90 bits per heavy atom. The molecular formula is C25H36N2O3. The Hall–Kier alpha value is -2.01. The minimum Gasteiger partial charge on any atom is -0.508 e. The first-order valence-electron chi connectivity index (χ1n) is 11.4. The third-order valence-corrected chi connectivity index (χ3v) is 7.07. The maximum absolute atomic E-state index is 13.0. The molecule has 2 heterocycles. The topological polar surface area (TPSA) is 61.8 Å². The van der Waals surface area contributed by atoms with Gasteiger partial charge in [-0.3, -0.25) is 10.2 Å². The molecule has 30 heavy (non-hydrogen) atoms. The van der Waals surface area contributed by atoms with Crippen molar-refractivity contribution in [1.82, 2.24) is 10.4 Å². The highest BCUT2D eigenvalue weighted by Gasteiger charge is 2.47. The van der Waals surface area contributed by atoms with Crippen LogP contribution in [0.2, 0.25) is 0 Å². The molecule has 1 aliphatic carbocycles. The summed E-state index contributed by atoms with van der Waals surface area (Å²) in [5.41, 5.74) is 5.42. The number of carbonyl (C=O) groups excluding carboxylic acids is 1. The van der Waals surface area contributed by atoms with Crippen LogP contribution in [0.15, 0.2) is 23.8 Å². The maximum atomic E-state index is 13.0. The molecule has 1 saturated heterocycles. The van der Waals surface area contributed by atoms with Crippen LogP contribution in [0.25, 0.3) is 0 Å². The number of aromatic hydroxyl groups is 1. The lowest BCUT2D eigenvalue weighted by Crippen LogP contribution is -2.48. The van der Waals surface area contributed by atoms with E-state index in [4.69, 9.17) is 4.74 Å². The van der Waals surface area contributed by atoms with E-state index in [1.165, 1.54) is 6.42 Å². The van der Waals surface area contributed by atoms with Gasteiger partial charge in [0.2, 0.25) is 0 Å². The van der Waals surface area contributed by atoms with E-state index in [1.54, 1.807) is 0 Å². The van der Waals surface area contributed by atoms with Gasteiger partial charge in [0, 0.05) is 36.1 Å².